The minimum absolute atomic E-state index is 0.0374. The van der Waals surface area contributed by atoms with E-state index in [-0.39, 0.29) is 11.9 Å². The molecule has 2 amide bonds. The number of carbonyl (C=O) groups excluding carboxylic acids is 1. The number of amides is 2. The molecule has 0 aromatic heterocycles. The summed E-state index contributed by atoms with van der Waals surface area (Å²) in [6.07, 6.45) is -0.0622. The van der Waals surface area contributed by atoms with Gasteiger partial charge in [0.15, 0.2) is 0 Å². The third-order valence-electron chi connectivity index (χ3n) is 6.57. The van der Waals surface area contributed by atoms with E-state index >= 15 is 0 Å². The van der Waals surface area contributed by atoms with Crippen molar-refractivity contribution in [2.75, 3.05) is 64.8 Å². The zero-order valence-corrected chi connectivity index (χ0v) is 21.1. The number of carboxylic acid groups (broad SMARTS) is 1. The Morgan fingerprint density at radius 2 is 1.71 bits per heavy atom. The Morgan fingerprint density at radius 1 is 1.03 bits per heavy atom. The fourth-order valence-electron chi connectivity index (χ4n) is 4.70. The van der Waals surface area contributed by atoms with Crippen LogP contribution in [0.25, 0.3) is 0 Å². The van der Waals surface area contributed by atoms with Crippen molar-refractivity contribution in [1.82, 2.24) is 14.7 Å². The number of nitrogens with one attached hydrogen (secondary N) is 1. The summed E-state index contributed by atoms with van der Waals surface area (Å²) in [6.45, 7) is 10.8. The van der Waals surface area contributed by atoms with Crippen LogP contribution in [0, 0.1) is 0 Å². The van der Waals surface area contributed by atoms with Gasteiger partial charge < -0.3 is 19.6 Å². The monoisotopic (exact) mass is 482 g/mol. The smallest absolute Gasteiger partial charge is 0.409 e. The maximum Gasteiger partial charge on any atom is 0.409 e. The van der Waals surface area contributed by atoms with E-state index in [1.807, 2.05) is 61.2 Å². The van der Waals surface area contributed by atoms with E-state index in [1.54, 1.807) is 13.2 Å². The lowest BCUT2D eigenvalue weighted by molar-refractivity contribution is 0.0773. The van der Waals surface area contributed by atoms with Crippen LogP contribution in [0.4, 0.5) is 10.5 Å². The molecule has 1 unspecified atom stereocenters. The molecule has 0 radical (unpaired) electrons. The van der Waals surface area contributed by atoms with Gasteiger partial charge in [0.1, 0.15) is 0 Å². The molecule has 0 bridgehead atoms. The van der Waals surface area contributed by atoms with E-state index in [1.165, 1.54) is 0 Å². The van der Waals surface area contributed by atoms with E-state index in [9.17, 15) is 14.7 Å². The second-order valence-electron chi connectivity index (χ2n) is 8.78. The number of ether oxygens (including phenoxy) is 1. The first-order valence-corrected chi connectivity index (χ1v) is 12.4. The number of methoxy groups -OCH3 is 1. The Bertz CT molecular complexity index is 954. The quantitative estimate of drug-likeness (QED) is 0.471. The van der Waals surface area contributed by atoms with Gasteiger partial charge in [0.2, 0.25) is 0 Å². The third-order valence-corrected chi connectivity index (χ3v) is 6.57. The third kappa shape index (κ3) is 7.27. The second kappa shape index (κ2) is 13.2. The van der Waals surface area contributed by atoms with Crippen LogP contribution < -0.4 is 5.32 Å². The van der Waals surface area contributed by atoms with Gasteiger partial charge in [-0.1, -0.05) is 24.3 Å². The Balaban J connectivity index is 1.85. The molecule has 35 heavy (non-hydrogen) atoms. The molecule has 2 aromatic carbocycles. The van der Waals surface area contributed by atoms with E-state index in [2.05, 4.69) is 15.1 Å². The molecule has 1 saturated heterocycles. The molecule has 0 saturated carbocycles. The molecule has 1 aliphatic heterocycles. The number of piperazine rings is 1. The summed E-state index contributed by atoms with van der Waals surface area (Å²) in [5, 5.41) is 11.6. The molecule has 2 aromatic rings. The largest absolute Gasteiger partial charge is 0.465 e. The van der Waals surface area contributed by atoms with Crippen molar-refractivity contribution in [2.45, 2.75) is 26.3 Å². The molecule has 2 N–H and O–H groups in total. The van der Waals surface area contributed by atoms with Gasteiger partial charge in [-0.25, -0.2) is 4.79 Å². The van der Waals surface area contributed by atoms with Crippen LogP contribution in [-0.2, 0) is 4.74 Å². The standard InChI is InChI=1S/C27H38N4O4/c1-4-30(5-2)26(32)22-12-10-21(11-13-22)25(23-8-6-9-24(20-23)28-27(33)34)31-17-15-29(16-18-31)14-7-19-35-3/h6,8-13,20,25,28H,4-5,7,14-19H2,1-3H3,(H,33,34). The minimum atomic E-state index is -1.08. The van der Waals surface area contributed by atoms with Gasteiger partial charge in [-0.05, 0) is 55.7 Å². The first-order valence-electron chi connectivity index (χ1n) is 12.4. The highest BCUT2D eigenvalue weighted by molar-refractivity contribution is 5.94. The molecule has 8 heteroatoms. The van der Waals surface area contributed by atoms with Crippen molar-refractivity contribution >= 4 is 17.7 Å². The Kier molecular flexibility index (Phi) is 10.1. The van der Waals surface area contributed by atoms with Crippen LogP contribution in [0.2, 0.25) is 0 Å². The van der Waals surface area contributed by atoms with Crippen molar-refractivity contribution in [1.29, 1.82) is 0 Å². The lowest BCUT2D eigenvalue weighted by Gasteiger charge is -2.40. The van der Waals surface area contributed by atoms with Gasteiger partial charge in [-0.3, -0.25) is 15.0 Å². The number of anilines is 1. The average molecular weight is 483 g/mol. The summed E-state index contributed by atoms with van der Waals surface area (Å²) < 4.78 is 5.19. The predicted molar refractivity (Wildman–Crippen MR) is 138 cm³/mol. The summed E-state index contributed by atoms with van der Waals surface area (Å²) in [5.74, 6) is 0.0374. The Labute approximate surface area is 208 Å². The Hall–Kier alpha value is -2.94. The predicted octanol–water partition coefficient (Wildman–Crippen LogP) is 4.00. The molecule has 1 aliphatic rings. The van der Waals surface area contributed by atoms with E-state index in [0.717, 1.165) is 56.9 Å². The van der Waals surface area contributed by atoms with Crippen molar-refractivity contribution < 1.29 is 19.4 Å². The van der Waals surface area contributed by atoms with Crippen molar-refractivity contribution in [3.8, 4) is 0 Å². The van der Waals surface area contributed by atoms with E-state index < -0.39 is 6.09 Å². The molecular formula is C27H38N4O4. The highest BCUT2D eigenvalue weighted by Gasteiger charge is 2.27. The fourth-order valence-corrected chi connectivity index (χ4v) is 4.70. The molecule has 190 valence electrons. The second-order valence-corrected chi connectivity index (χ2v) is 8.78. The van der Waals surface area contributed by atoms with Crippen molar-refractivity contribution in [3.05, 3.63) is 65.2 Å². The molecule has 0 aliphatic carbocycles. The van der Waals surface area contributed by atoms with Crippen LogP contribution in [-0.4, -0.2) is 91.3 Å². The van der Waals surface area contributed by atoms with Crippen LogP contribution in [0.5, 0.6) is 0 Å². The highest BCUT2D eigenvalue weighted by Crippen LogP contribution is 2.31. The van der Waals surface area contributed by atoms with Gasteiger partial charge in [-0.15, -0.1) is 0 Å². The zero-order chi connectivity index (χ0) is 25.2. The molecule has 8 nitrogen and oxygen atoms in total. The van der Waals surface area contributed by atoms with Crippen LogP contribution in [0.15, 0.2) is 48.5 Å². The zero-order valence-electron chi connectivity index (χ0n) is 21.1. The van der Waals surface area contributed by atoms with Crippen LogP contribution >= 0.6 is 0 Å². The average Bonchev–Trinajstić information content (AvgIpc) is 2.86. The molecular weight excluding hydrogens is 444 g/mol. The molecule has 1 heterocycles. The number of benzene rings is 2. The molecule has 1 fully saturated rings. The number of hydrogen-bond donors (Lipinski definition) is 2. The normalized spacial score (nSPS) is 15.5. The number of carbonyl (C=O) groups is 2. The SMILES string of the molecule is CCN(CC)C(=O)c1ccc(C(c2cccc(NC(=O)O)c2)N2CCN(CCCOC)CC2)cc1. The lowest BCUT2D eigenvalue weighted by Crippen LogP contribution is -2.48. The van der Waals surface area contributed by atoms with Gasteiger partial charge >= 0.3 is 6.09 Å². The Morgan fingerprint density at radius 3 is 2.31 bits per heavy atom. The summed E-state index contributed by atoms with van der Waals surface area (Å²) in [7, 11) is 1.73. The number of rotatable bonds is 11. The summed E-state index contributed by atoms with van der Waals surface area (Å²) in [4.78, 5) is 30.7. The molecule has 0 spiro atoms. The first-order chi connectivity index (χ1) is 17.0. The lowest BCUT2D eigenvalue weighted by atomic mass is 9.95. The maximum absolute atomic E-state index is 12.8. The fraction of sp³-hybridized carbons (Fsp3) is 0.481. The van der Waals surface area contributed by atoms with Crippen molar-refractivity contribution in [3.63, 3.8) is 0 Å². The highest BCUT2D eigenvalue weighted by atomic mass is 16.5. The van der Waals surface area contributed by atoms with Crippen LogP contribution in [0.3, 0.4) is 0 Å². The summed E-state index contributed by atoms with van der Waals surface area (Å²) in [6, 6.07) is 15.4. The topological polar surface area (TPSA) is 85.3 Å². The summed E-state index contributed by atoms with van der Waals surface area (Å²) >= 11 is 0. The first kappa shape index (κ1) is 26.7. The van der Waals surface area contributed by atoms with E-state index in [4.69, 9.17) is 4.74 Å². The molecule has 3 rings (SSSR count). The molecule has 1 atom stereocenters. The number of nitrogens with zero attached hydrogens (tertiary/aromatic N) is 3. The van der Waals surface area contributed by atoms with E-state index in [0.29, 0.717) is 24.3 Å². The summed E-state index contributed by atoms with van der Waals surface area (Å²) in [5.41, 5.74) is 3.33. The number of hydrogen-bond acceptors (Lipinski definition) is 5. The van der Waals surface area contributed by atoms with Gasteiger partial charge in [0.25, 0.3) is 5.91 Å². The van der Waals surface area contributed by atoms with Crippen molar-refractivity contribution in [2.24, 2.45) is 0 Å². The van der Waals surface area contributed by atoms with Gasteiger partial charge in [0, 0.05) is 70.8 Å². The maximum atomic E-state index is 12.8. The van der Waals surface area contributed by atoms with Crippen LogP contribution in [0.1, 0.15) is 47.8 Å². The van der Waals surface area contributed by atoms with Gasteiger partial charge in [0.05, 0.1) is 6.04 Å². The van der Waals surface area contributed by atoms with Gasteiger partial charge in [-0.2, -0.15) is 0 Å². The minimum Gasteiger partial charge on any atom is -0.465 e.